The lowest BCUT2D eigenvalue weighted by Crippen LogP contribution is -2.47. The third-order valence-corrected chi connectivity index (χ3v) is 5.82. The van der Waals surface area contributed by atoms with Crippen LogP contribution >= 0.6 is 15.9 Å². The molecule has 1 unspecified atom stereocenters. The highest BCUT2D eigenvalue weighted by Crippen LogP contribution is 2.27. The Morgan fingerprint density at radius 3 is 2.15 bits per heavy atom. The van der Waals surface area contributed by atoms with Gasteiger partial charge in [-0.05, 0) is 54.4 Å². The number of carbonyl (C=O) groups is 3. The van der Waals surface area contributed by atoms with Crippen LogP contribution in [0.3, 0.4) is 0 Å². The van der Waals surface area contributed by atoms with Crippen LogP contribution in [0, 0.1) is 0 Å². The second-order valence-corrected chi connectivity index (χ2v) is 8.39. The summed E-state index contributed by atoms with van der Waals surface area (Å²) in [6.07, 6.45) is 1.92. The van der Waals surface area contributed by atoms with E-state index in [9.17, 15) is 14.4 Å². The van der Waals surface area contributed by atoms with Crippen LogP contribution < -0.4 is 0 Å². The van der Waals surface area contributed by atoms with Crippen LogP contribution in [-0.4, -0.2) is 41.5 Å². The summed E-state index contributed by atoms with van der Waals surface area (Å²) in [4.78, 5) is 44.1. The molecule has 0 saturated heterocycles. The molecule has 0 aliphatic carbocycles. The highest BCUT2D eigenvalue weighted by Gasteiger charge is 2.43. The van der Waals surface area contributed by atoms with E-state index in [4.69, 9.17) is 4.74 Å². The maximum absolute atomic E-state index is 12.9. The van der Waals surface area contributed by atoms with Crippen molar-refractivity contribution in [1.29, 1.82) is 0 Å². The van der Waals surface area contributed by atoms with Crippen molar-refractivity contribution in [2.24, 2.45) is 4.99 Å². The molecule has 33 heavy (non-hydrogen) atoms. The first-order chi connectivity index (χ1) is 16.0. The number of carbonyl (C=O) groups excluding carboxylic acids is 3. The predicted molar refractivity (Wildman–Crippen MR) is 129 cm³/mol. The van der Waals surface area contributed by atoms with E-state index in [2.05, 4.69) is 20.9 Å². The second kappa shape index (κ2) is 9.92. The van der Waals surface area contributed by atoms with Crippen molar-refractivity contribution in [1.82, 2.24) is 4.90 Å². The lowest BCUT2D eigenvalue weighted by atomic mass is 10.0. The number of amides is 2. The Morgan fingerprint density at radius 2 is 1.58 bits per heavy atom. The number of nitrogens with zero attached hydrogens (tertiary/aromatic N) is 2. The average Bonchev–Trinajstić information content (AvgIpc) is 3.08. The number of ether oxygens (including phenoxy) is 1. The van der Waals surface area contributed by atoms with E-state index in [1.807, 2.05) is 48.5 Å². The summed E-state index contributed by atoms with van der Waals surface area (Å²) in [5.41, 5.74) is 3.10. The van der Waals surface area contributed by atoms with Gasteiger partial charge in [-0.3, -0.25) is 19.5 Å². The van der Waals surface area contributed by atoms with Crippen LogP contribution in [0.2, 0.25) is 0 Å². The van der Waals surface area contributed by atoms with Crippen molar-refractivity contribution in [2.45, 2.75) is 19.4 Å². The van der Waals surface area contributed by atoms with Gasteiger partial charge in [0.05, 0.1) is 23.4 Å². The van der Waals surface area contributed by atoms with Gasteiger partial charge in [0.2, 0.25) is 0 Å². The van der Waals surface area contributed by atoms with E-state index >= 15 is 0 Å². The van der Waals surface area contributed by atoms with Gasteiger partial charge in [-0.25, -0.2) is 4.79 Å². The number of hydrogen-bond acceptors (Lipinski definition) is 5. The number of benzene rings is 3. The number of hydrogen-bond donors (Lipinski definition) is 0. The van der Waals surface area contributed by atoms with Crippen molar-refractivity contribution >= 4 is 45.6 Å². The van der Waals surface area contributed by atoms with Crippen molar-refractivity contribution < 1.29 is 19.1 Å². The summed E-state index contributed by atoms with van der Waals surface area (Å²) in [5, 5.41) is 0. The van der Waals surface area contributed by atoms with Gasteiger partial charge in [-0.1, -0.05) is 52.3 Å². The molecule has 4 rings (SSSR count). The number of rotatable bonds is 7. The summed E-state index contributed by atoms with van der Waals surface area (Å²) < 4.78 is 6.19. The Kier molecular flexibility index (Phi) is 6.79. The Morgan fingerprint density at radius 1 is 0.970 bits per heavy atom. The molecular weight excluding hydrogens is 484 g/mol. The van der Waals surface area contributed by atoms with Gasteiger partial charge >= 0.3 is 5.97 Å². The summed E-state index contributed by atoms with van der Waals surface area (Å²) >= 11 is 3.41. The average molecular weight is 505 g/mol. The van der Waals surface area contributed by atoms with Crippen molar-refractivity contribution in [3.05, 3.63) is 99.5 Å². The molecule has 6 nitrogen and oxygen atoms in total. The highest BCUT2D eigenvalue weighted by molar-refractivity contribution is 9.10. The number of halogens is 1. The minimum Gasteiger partial charge on any atom is -0.464 e. The molecule has 0 bridgehead atoms. The molecule has 0 spiro atoms. The standard InChI is InChI=1S/C26H21BrN2O4/c1-2-33-26(32)23(29-24(30)21-5-3-4-6-22(21)25(29)31)15-17-9-13-20(14-10-17)28-16-18-7-11-19(27)12-8-18/h3-14,16,23H,2,15H2,1H3. The van der Waals surface area contributed by atoms with E-state index in [0.29, 0.717) is 11.1 Å². The molecule has 166 valence electrons. The fraction of sp³-hybridized carbons (Fsp3) is 0.154. The summed E-state index contributed by atoms with van der Waals surface area (Å²) in [6.45, 7) is 1.85. The number of imide groups is 1. The monoisotopic (exact) mass is 504 g/mol. The lowest BCUT2D eigenvalue weighted by Gasteiger charge is -2.24. The number of fused-ring (bicyclic) bond motifs is 1. The first-order valence-electron chi connectivity index (χ1n) is 10.5. The first-order valence-corrected chi connectivity index (χ1v) is 11.3. The summed E-state index contributed by atoms with van der Waals surface area (Å²) in [5.74, 6) is -1.57. The molecule has 1 aliphatic rings. The van der Waals surface area contributed by atoms with E-state index in [0.717, 1.165) is 26.2 Å². The molecule has 0 saturated carbocycles. The van der Waals surface area contributed by atoms with Crippen molar-refractivity contribution in [2.75, 3.05) is 6.61 Å². The predicted octanol–water partition coefficient (Wildman–Crippen LogP) is 4.97. The van der Waals surface area contributed by atoms with Crippen LogP contribution in [-0.2, 0) is 16.0 Å². The van der Waals surface area contributed by atoms with Gasteiger partial charge in [-0.2, -0.15) is 0 Å². The fourth-order valence-electron chi connectivity index (χ4n) is 3.65. The lowest BCUT2D eigenvalue weighted by molar-refractivity contribution is -0.147. The molecule has 1 atom stereocenters. The van der Waals surface area contributed by atoms with Gasteiger partial charge in [-0.15, -0.1) is 0 Å². The fourth-order valence-corrected chi connectivity index (χ4v) is 3.91. The van der Waals surface area contributed by atoms with Crippen LogP contribution in [0.5, 0.6) is 0 Å². The second-order valence-electron chi connectivity index (χ2n) is 7.47. The largest absolute Gasteiger partial charge is 0.464 e. The molecular formula is C26H21BrN2O4. The molecule has 1 aliphatic heterocycles. The van der Waals surface area contributed by atoms with Gasteiger partial charge in [0, 0.05) is 17.1 Å². The Balaban J connectivity index is 1.54. The molecule has 0 radical (unpaired) electrons. The molecule has 0 aromatic heterocycles. The maximum Gasteiger partial charge on any atom is 0.329 e. The zero-order chi connectivity index (χ0) is 23.4. The van der Waals surface area contributed by atoms with E-state index in [1.165, 1.54) is 0 Å². The number of aliphatic imine (C=N–C) groups is 1. The minimum absolute atomic E-state index is 0.154. The molecule has 1 heterocycles. The van der Waals surface area contributed by atoms with E-state index < -0.39 is 23.8 Å². The zero-order valence-corrected chi connectivity index (χ0v) is 19.5. The van der Waals surface area contributed by atoms with Crippen LogP contribution in [0.15, 0.2) is 82.3 Å². The van der Waals surface area contributed by atoms with Gasteiger partial charge in [0.25, 0.3) is 11.8 Å². The van der Waals surface area contributed by atoms with Crippen molar-refractivity contribution in [3.63, 3.8) is 0 Å². The summed E-state index contributed by atoms with van der Waals surface area (Å²) in [7, 11) is 0. The number of esters is 1. The van der Waals surface area contributed by atoms with Gasteiger partial charge < -0.3 is 4.74 Å². The van der Waals surface area contributed by atoms with Crippen LogP contribution in [0.4, 0.5) is 5.69 Å². The van der Waals surface area contributed by atoms with Crippen LogP contribution in [0.25, 0.3) is 0 Å². The van der Waals surface area contributed by atoms with E-state index in [1.54, 1.807) is 37.4 Å². The van der Waals surface area contributed by atoms with Gasteiger partial charge in [0.1, 0.15) is 6.04 Å². The molecule has 2 amide bonds. The first kappa shape index (κ1) is 22.6. The summed E-state index contributed by atoms with van der Waals surface area (Å²) in [6, 6.07) is 20.6. The topological polar surface area (TPSA) is 76.0 Å². The Bertz CT molecular complexity index is 1180. The van der Waals surface area contributed by atoms with E-state index in [-0.39, 0.29) is 13.0 Å². The Hall–Kier alpha value is -3.58. The Labute approximate surface area is 200 Å². The maximum atomic E-state index is 12.9. The van der Waals surface area contributed by atoms with Crippen LogP contribution in [0.1, 0.15) is 38.8 Å². The highest BCUT2D eigenvalue weighted by atomic mass is 79.9. The zero-order valence-electron chi connectivity index (χ0n) is 17.9. The SMILES string of the molecule is CCOC(=O)C(Cc1ccc(N=Cc2ccc(Br)cc2)cc1)N1C(=O)c2ccccc2C1=O. The molecule has 0 fully saturated rings. The third kappa shape index (κ3) is 4.93. The molecule has 3 aromatic carbocycles. The quantitative estimate of drug-likeness (QED) is 0.258. The van der Waals surface area contributed by atoms with Gasteiger partial charge in [0.15, 0.2) is 0 Å². The smallest absolute Gasteiger partial charge is 0.329 e. The minimum atomic E-state index is -1.05. The van der Waals surface area contributed by atoms with Crippen molar-refractivity contribution in [3.8, 4) is 0 Å². The molecule has 3 aromatic rings. The third-order valence-electron chi connectivity index (χ3n) is 5.29. The normalized spacial score (nSPS) is 13.9. The molecule has 0 N–H and O–H groups in total. The molecule has 7 heteroatoms.